The maximum absolute atomic E-state index is 9.86. The Morgan fingerprint density at radius 2 is 2.03 bits per heavy atom. The number of ether oxygens (including phenoxy) is 1. The number of aromatic nitrogens is 4. The molecule has 2 N–H and O–H groups in total. The van der Waals surface area contributed by atoms with E-state index < -0.39 is 0 Å². The third kappa shape index (κ3) is 2.88. The molecule has 3 aromatic heterocycles. The highest BCUT2D eigenvalue weighted by Gasteiger charge is 2.31. The second-order valence-electron chi connectivity index (χ2n) is 8.44. The first-order chi connectivity index (χ1) is 15.6. The van der Waals surface area contributed by atoms with Crippen LogP contribution in [0.4, 0.5) is 5.82 Å². The molecule has 0 spiro atoms. The molecule has 162 valence electrons. The summed E-state index contributed by atoms with van der Waals surface area (Å²) >= 11 is 10.5. The van der Waals surface area contributed by atoms with Crippen LogP contribution in [0.15, 0.2) is 29.0 Å². The molecule has 0 bridgehead atoms. The average molecular weight is 512 g/mol. The van der Waals surface area contributed by atoms with E-state index in [1.165, 1.54) is 0 Å². The van der Waals surface area contributed by atoms with Crippen LogP contribution in [0.25, 0.3) is 27.5 Å². The summed E-state index contributed by atoms with van der Waals surface area (Å²) in [6, 6.07) is 6.07. The lowest BCUT2D eigenvalue weighted by molar-refractivity contribution is -0.0366. The molecule has 1 saturated heterocycles. The van der Waals surface area contributed by atoms with Crippen molar-refractivity contribution in [2.75, 3.05) is 12.3 Å². The fourth-order valence-electron chi connectivity index (χ4n) is 4.71. The van der Waals surface area contributed by atoms with Crippen molar-refractivity contribution in [1.82, 2.24) is 19.3 Å². The summed E-state index contributed by atoms with van der Waals surface area (Å²) in [5.74, 6) is 0.773. The van der Waals surface area contributed by atoms with E-state index in [0.717, 1.165) is 65.3 Å². The van der Waals surface area contributed by atoms with Gasteiger partial charge in [-0.1, -0.05) is 11.6 Å². The van der Waals surface area contributed by atoms with Gasteiger partial charge in [-0.25, -0.2) is 4.68 Å². The molecule has 7 nitrogen and oxygen atoms in total. The van der Waals surface area contributed by atoms with Crippen molar-refractivity contribution in [2.45, 2.75) is 44.2 Å². The quantitative estimate of drug-likeness (QED) is 0.374. The smallest absolute Gasteiger partial charge is 0.150 e. The molecule has 0 amide bonds. The number of nitrogens with two attached hydrogens (primary N) is 1. The fourth-order valence-corrected chi connectivity index (χ4v) is 5.77. The van der Waals surface area contributed by atoms with Crippen LogP contribution in [0.1, 0.15) is 55.5 Å². The van der Waals surface area contributed by atoms with Crippen molar-refractivity contribution in [3.63, 3.8) is 0 Å². The normalized spacial score (nSPS) is 19.0. The van der Waals surface area contributed by atoms with E-state index in [-0.39, 0.29) is 6.23 Å². The molecule has 1 unspecified atom stereocenters. The molecule has 4 heterocycles. The van der Waals surface area contributed by atoms with Gasteiger partial charge in [0, 0.05) is 29.5 Å². The van der Waals surface area contributed by atoms with E-state index in [1.807, 2.05) is 27.6 Å². The van der Waals surface area contributed by atoms with Crippen LogP contribution in [0.5, 0.6) is 0 Å². The van der Waals surface area contributed by atoms with E-state index >= 15 is 0 Å². The zero-order valence-electron chi connectivity index (χ0n) is 17.2. The molecule has 1 aromatic carbocycles. The van der Waals surface area contributed by atoms with E-state index in [2.05, 4.69) is 32.1 Å². The number of anilines is 1. The number of nitriles is 1. The first-order valence-electron chi connectivity index (χ1n) is 10.8. The van der Waals surface area contributed by atoms with Crippen molar-refractivity contribution in [2.24, 2.45) is 0 Å². The summed E-state index contributed by atoms with van der Waals surface area (Å²) in [5.41, 5.74) is 10.4. The zero-order chi connectivity index (χ0) is 22.0. The summed E-state index contributed by atoms with van der Waals surface area (Å²) in [5, 5.41) is 16.6. The Bertz CT molecular complexity index is 1420. The Hall–Kier alpha value is -2.60. The monoisotopic (exact) mass is 510 g/mol. The van der Waals surface area contributed by atoms with Crippen LogP contribution in [0.3, 0.4) is 0 Å². The first kappa shape index (κ1) is 20.0. The number of pyridine rings is 1. The first-order valence-corrected chi connectivity index (χ1v) is 11.9. The molecular formula is C23H20BrClN6O. The molecule has 2 fully saturated rings. The molecule has 6 rings (SSSR count). The number of hydrogen-bond donors (Lipinski definition) is 1. The number of benzene rings is 1. The molecular weight excluding hydrogens is 492 g/mol. The van der Waals surface area contributed by atoms with Gasteiger partial charge in [-0.15, -0.1) is 0 Å². The third-order valence-corrected chi connectivity index (χ3v) is 7.53. The van der Waals surface area contributed by atoms with Gasteiger partial charge >= 0.3 is 0 Å². The molecule has 1 atom stereocenters. The Morgan fingerprint density at radius 1 is 1.19 bits per heavy atom. The molecule has 1 saturated carbocycles. The van der Waals surface area contributed by atoms with E-state index in [9.17, 15) is 5.26 Å². The molecule has 9 heteroatoms. The number of nitrogen functional groups attached to an aromatic ring is 1. The zero-order valence-corrected chi connectivity index (χ0v) is 19.5. The second-order valence-corrected chi connectivity index (χ2v) is 9.64. The largest absolute Gasteiger partial charge is 0.384 e. The van der Waals surface area contributed by atoms with Gasteiger partial charge in [0.05, 0.1) is 38.1 Å². The van der Waals surface area contributed by atoms with Crippen molar-refractivity contribution in [3.05, 3.63) is 45.3 Å². The van der Waals surface area contributed by atoms with Gasteiger partial charge in [-0.3, -0.25) is 9.55 Å². The lowest BCUT2D eigenvalue weighted by Gasteiger charge is -2.23. The Labute approximate surface area is 197 Å². The van der Waals surface area contributed by atoms with Crippen LogP contribution in [0.2, 0.25) is 5.02 Å². The van der Waals surface area contributed by atoms with Crippen molar-refractivity contribution < 1.29 is 4.74 Å². The molecule has 1 aliphatic carbocycles. The molecule has 2 aliphatic rings. The summed E-state index contributed by atoms with van der Waals surface area (Å²) in [6.45, 7) is 0.733. The maximum atomic E-state index is 9.86. The number of nitrogens with zero attached hydrogens (tertiary/aromatic N) is 5. The minimum Gasteiger partial charge on any atom is -0.384 e. The van der Waals surface area contributed by atoms with Crippen LogP contribution >= 0.6 is 27.5 Å². The van der Waals surface area contributed by atoms with Crippen LogP contribution < -0.4 is 5.73 Å². The lowest BCUT2D eigenvalue weighted by atomic mass is 10.1. The van der Waals surface area contributed by atoms with Gasteiger partial charge in [0.25, 0.3) is 0 Å². The van der Waals surface area contributed by atoms with Gasteiger partial charge in [-0.05, 0) is 60.2 Å². The average Bonchev–Trinajstić information content (AvgIpc) is 3.49. The van der Waals surface area contributed by atoms with E-state index in [1.54, 1.807) is 6.20 Å². The highest BCUT2D eigenvalue weighted by Crippen LogP contribution is 2.47. The summed E-state index contributed by atoms with van der Waals surface area (Å²) < 4.78 is 10.6. The predicted molar refractivity (Wildman–Crippen MR) is 127 cm³/mol. The van der Waals surface area contributed by atoms with Crippen LogP contribution in [0, 0.1) is 11.3 Å². The standard InChI is InChI=1S/C23H20BrClN6O/c24-19-20(12-4-5-12)28-10-14-13(9-26)23(27)30(22(14)19)21-15-11-29-31(17(15)7-6-16(21)25)18-3-1-2-8-32-18/h6-7,10-12,18H,1-5,8,27H2. The SMILES string of the molecule is N#Cc1c(N)n(-c2c(Cl)ccc3c2cnn3C2CCCCO2)c2c(Br)c(C3CC3)ncc12. The number of rotatable bonds is 3. The van der Waals surface area contributed by atoms with Crippen molar-refractivity contribution in [3.8, 4) is 11.8 Å². The van der Waals surface area contributed by atoms with E-state index in [4.69, 9.17) is 22.1 Å². The topological polar surface area (TPSA) is 94.7 Å². The lowest BCUT2D eigenvalue weighted by Crippen LogP contribution is -2.18. The fraction of sp³-hybridized carbons (Fsp3) is 0.348. The van der Waals surface area contributed by atoms with Gasteiger partial charge < -0.3 is 10.5 Å². The van der Waals surface area contributed by atoms with E-state index in [0.29, 0.717) is 33.4 Å². The minimum atomic E-state index is -0.0962. The Kier molecular flexibility index (Phi) is 4.68. The van der Waals surface area contributed by atoms with Crippen molar-refractivity contribution >= 4 is 55.2 Å². The highest BCUT2D eigenvalue weighted by atomic mass is 79.9. The molecule has 0 radical (unpaired) electrons. The van der Waals surface area contributed by atoms with Crippen molar-refractivity contribution in [1.29, 1.82) is 5.26 Å². The number of fused-ring (bicyclic) bond motifs is 2. The number of halogens is 2. The summed E-state index contributed by atoms with van der Waals surface area (Å²) in [4.78, 5) is 4.64. The molecule has 1 aliphatic heterocycles. The highest BCUT2D eigenvalue weighted by molar-refractivity contribution is 9.10. The predicted octanol–water partition coefficient (Wildman–Crippen LogP) is 5.82. The Balaban J connectivity index is 1.65. The van der Waals surface area contributed by atoms with Crippen LogP contribution in [-0.4, -0.2) is 25.9 Å². The van der Waals surface area contributed by atoms with Gasteiger partial charge in [0.15, 0.2) is 6.23 Å². The van der Waals surface area contributed by atoms with Gasteiger partial charge in [0.2, 0.25) is 0 Å². The molecule has 32 heavy (non-hydrogen) atoms. The van der Waals surface area contributed by atoms with Gasteiger partial charge in [0.1, 0.15) is 17.5 Å². The maximum Gasteiger partial charge on any atom is 0.150 e. The minimum absolute atomic E-state index is 0.0962. The summed E-state index contributed by atoms with van der Waals surface area (Å²) in [6.07, 6.45) is 8.80. The van der Waals surface area contributed by atoms with Crippen LogP contribution in [-0.2, 0) is 4.74 Å². The summed E-state index contributed by atoms with van der Waals surface area (Å²) in [7, 11) is 0. The second kappa shape index (κ2) is 7.48. The van der Waals surface area contributed by atoms with Gasteiger partial charge in [-0.2, -0.15) is 10.4 Å². The number of hydrogen-bond acceptors (Lipinski definition) is 5. The Morgan fingerprint density at radius 3 is 2.75 bits per heavy atom. The third-order valence-electron chi connectivity index (χ3n) is 6.44. The molecule has 4 aromatic rings.